The third-order valence-electron chi connectivity index (χ3n) is 4.68. The second-order valence-corrected chi connectivity index (χ2v) is 7.71. The number of nitrogens with one attached hydrogen (secondary N) is 1. The van der Waals surface area contributed by atoms with Crippen LogP contribution in [0.2, 0.25) is 0 Å². The van der Waals surface area contributed by atoms with Gasteiger partial charge in [-0.15, -0.1) is 0 Å². The van der Waals surface area contributed by atoms with E-state index in [-0.39, 0.29) is 30.2 Å². The van der Waals surface area contributed by atoms with E-state index in [1.54, 1.807) is 48.4 Å². The van der Waals surface area contributed by atoms with Crippen molar-refractivity contribution in [1.82, 2.24) is 4.90 Å². The molecule has 0 atom stereocenters. The summed E-state index contributed by atoms with van der Waals surface area (Å²) < 4.78 is 10.3. The molecule has 0 radical (unpaired) electrons. The van der Waals surface area contributed by atoms with Crippen molar-refractivity contribution in [3.63, 3.8) is 0 Å². The highest BCUT2D eigenvalue weighted by Gasteiger charge is 2.22. The molecule has 7 nitrogen and oxygen atoms in total. The number of anilines is 1. The average Bonchev–Trinajstić information content (AvgIpc) is 2.76. The molecule has 0 aliphatic carbocycles. The van der Waals surface area contributed by atoms with Gasteiger partial charge >= 0.3 is 5.97 Å². The van der Waals surface area contributed by atoms with Gasteiger partial charge in [0.25, 0.3) is 5.91 Å². The summed E-state index contributed by atoms with van der Waals surface area (Å²) in [6.07, 6.45) is 3.03. The smallest absolute Gasteiger partial charge is 0.340 e. The number of nitrogens with zero attached hydrogens (tertiary/aromatic N) is 1. The molecule has 0 heterocycles. The maximum absolute atomic E-state index is 12.6. The average molecular weight is 439 g/mol. The molecule has 0 saturated heterocycles. The second-order valence-electron chi connectivity index (χ2n) is 7.71. The first-order chi connectivity index (χ1) is 15.2. The minimum atomic E-state index is -0.680. The highest BCUT2D eigenvalue weighted by molar-refractivity contribution is 6.06. The molecule has 0 aromatic heterocycles. The summed E-state index contributed by atoms with van der Waals surface area (Å²) in [5, 5.41) is 2.68. The standard InChI is InChI=1S/C25H30N2O5/c1-17(2)27(18(3)4)24(29)16-32-25(30)21-8-6-7-9-22(21)26-23(28)15-12-19-10-13-20(31-5)14-11-19/h6-15,17-18H,16H2,1-5H3,(H,26,28)/b15-12+. The van der Waals surface area contributed by atoms with E-state index in [1.165, 1.54) is 12.1 Å². The van der Waals surface area contributed by atoms with E-state index in [9.17, 15) is 14.4 Å². The Kier molecular flexibility index (Phi) is 9.01. The highest BCUT2D eigenvalue weighted by Crippen LogP contribution is 2.17. The topological polar surface area (TPSA) is 84.9 Å². The van der Waals surface area contributed by atoms with E-state index in [4.69, 9.17) is 9.47 Å². The van der Waals surface area contributed by atoms with Crippen LogP contribution in [0.3, 0.4) is 0 Å². The number of ether oxygens (including phenoxy) is 2. The summed E-state index contributed by atoms with van der Waals surface area (Å²) in [5.74, 6) is -0.626. The molecule has 2 aromatic carbocycles. The van der Waals surface area contributed by atoms with Crippen LogP contribution in [0, 0.1) is 0 Å². The molecule has 0 saturated carbocycles. The van der Waals surface area contributed by atoms with E-state index < -0.39 is 11.9 Å². The summed E-state index contributed by atoms with van der Waals surface area (Å²) in [6.45, 7) is 7.26. The Labute approximate surface area is 189 Å². The molecule has 32 heavy (non-hydrogen) atoms. The normalized spacial score (nSPS) is 11.0. The van der Waals surface area contributed by atoms with Crippen molar-refractivity contribution in [3.8, 4) is 5.75 Å². The second kappa shape index (κ2) is 11.7. The summed E-state index contributed by atoms with van der Waals surface area (Å²) in [6, 6.07) is 13.7. The van der Waals surface area contributed by atoms with Crippen LogP contribution in [0.1, 0.15) is 43.6 Å². The fourth-order valence-electron chi connectivity index (χ4n) is 3.28. The van der Waals surface area contributed by atoms with E-state index in [2.05, 4.69) is 5.32 Å². The Balaban J connectivity index is 2.03. The molecule has 0 bridgehead atoms. The maximum Gasteiger partial charge on any atom is 0.340 e. The Morgan fingerprint density at radius 1 is 0.969 bits per heavy atom. The number of methoxy groups -OCH3 is 1. The van der Waals surface area contributed by atoms with Crippen LogP contribution in [0.15, 0.2) is 54.6 Å². The van der Waals surface area contributed by atoms with Gasteiger partial charge in [-0.2, -0.15) is 0 Å². The number of carbonyl (C=O) groups is 3. The molecule has 2 rings (SSSR count). The fourth-order valence-corrected chi connectivity index (χ4v) is 3.28. The van der Waals surface area contributed by atoms with Gasteiger partial charge in [0.05, 0.1) is 18.4 Å². The van der Waals surface area contributed by atoms with Crippen molar-refractivity contribution in [2.75, 3.05) is 19.0 Å². The number of rotatable bonds is 9. The molecule has 2 amide bonds. The highest BCUT2D eigenvalue weighted by atomic mass is 16.5. The Morgan fingerprint density at radius 3 is 2.19 bits per heavy atom. The zero-order valence-corrected chi connectivity index (χ0v) is 19.1. The maximum atomic E-state index is 12.6. The first-order valence-electron chi connectivity index (χ1n) is 10.4. The minimum Gasteiger partial charge on any atom is -0.497 e. The van der Waals surface area contributed by atoms with Gasteiger partial charge in [-0.1, -0.05) is 24.3 Å². The molecule has 0 spiro atoms. The third-order valence-corrected chi connectivity index (χ3v) is 4.68. The lowest BCUT2D eigenvalue weighted by molar-refractivity contribution is -0.138. The largest absolute Gasteiger partial charge is 0.497 e. The zero-order valence-electron chi connectivity index (χ0n) is 19.1. The molecule has 1 N–H and O–H groups in total. The van der Waals surface area contributed by atoms with Crippen LogP contribution in [0.25, 0.3) is 6.08 Å². The van der Waals surface area contributed by atoms with Crippen molar-refractivity contribution < 1.29 is 23.9 Å². The number of benzene rings is 2. The summed E-state index contributed by atoms with van der Waals surface area (Å²) >= 11 is 0. The first-order valence-corrected chi connectivity index (χ1v) is 10.4. The van der Waals surface area contributed by atoms with Gasteiger partial charge in [0.2, 0.25) is 5.91 Å². The summed E-state index contributed by atoms with van der Waals surface area (Å²) in [4.78, 5) is 39.0. The molecular weight excluding hydrogens is 408 g/mol. The number of esters is 1. The van der Waals surface area contributed by atoms with E-state index in [1.807, 2.05) is 39.8 Å². The number of hydrogen-bond acceptors (Lipinski definition) is 5. The fraction of sp³-hybridized carbons (Fsp3) is 0.320. The number of carbonyl (C=O) groups excluding carboxylic acids is 3. The van der Waals surface area contributed by atoms with Gasteiger partial charge in [-0.05, 0) is 63.6 Å². The van der Waals surface area contributed by atoms with Crippen LogP contribution in [0.5, 0.6) is 5.75 Å². The van der Waals surface area contributed by atoms with Crippen LogP contribution < -0.4 is 10.1 Å². The van der Waals surface area contributed by atoms with Crippen molar-refractivity contribution in [3.05, 3.63) is 65.7 Å². The zero-order chi connectivity index (χ0) is 23.7. The van der Waals surface area contributed by atoms with Crippen LogP contribution >= 0.6 is 0 Å². The van der Waals surface area contributed by atoms with Gasteiger partial charge in [0, 0.05) is 18.2 Å². The molecule has 0 fully saturated rings. The van der Waals surface area contributed by atoms with E-state index in [0.717, 1.165) is 11.3 Å². The van der Waals surface area contributed by atoms with Crippen LogP contribution in [0.4, 0.5) is 5.69 Å². The Hall–Kier alpha value is -3.61. The monoisotopic (exact) mass is 438 g/mol. The Bertz CT molecular complexity index is 957. The molecule has 2 aromatic rings. The van der Waals surface area contributed by atoms with Crippen molar-refractivity contribution >= 4 is 29.5 Å². The van der Waals surface area contributed by atoms with Gasteiger partial charge in [0.1, 0.15) is 5.75 Å². The number of para-hydroxylation sites is 1. The van der Waals surface area contributed by atoms with Gasteiger partial charge in [-0.3, -0.25) is 9.59 Å². The molecule has 0 aliphatic rings. The first kappa shape index (κ1) is 24.7. The molecule has 170 valence electrons. The predicted molar refractivity (Wildman–Crippen MR) is 125 cm³/mol. The molecular formula is C25H30N2O5. The predicted octanol–water partition coefficient (Wildman–Crippen LogP) is 4.15. The Morgan fingerprint density at radius 2 is 1.59 bits per heavy atom. The minimum absolute atomic E-state index is 0.00901. The van der Waals surface area contributed by atoms with Crippen LogP contribution in [-0.4, -0.2) is 48.5 Å². The lowest BCUT2D eigenvalue weighted by Crippen LogP contribution is -2.44. The van der Waals surface area contributed by atoms with E-state index >= 15 is 0 Å². The van der Waals surface area contributed by atoms with Crippen LogP contribution in [-0.2, 0) is 14.3 Å². The molecule has 7 heteroatoms. The van der Waals surface area contributed by atoms with Gasteiger partial charge in [-0.25, -0.2) is 4.79 Å². The van der Waals surface area contributed by atoms with Crippen molar-refractivity contribution in [2.45, 2.75) is 39.8 Å². The third kappa shape index (κ3) is 6.97. The lowest BCUT2D eigenvalue weighted by Gasteiger charge is -2.30. The van der Waals surface area contributed by atoms with E-state index in [0.29, 0.717) is 5.69 Å². The van der Waals surface area contributed by atoms with Crippen molar-refractivity contribution in [2.24, 2.45) is 0 Å². The lowest BCUT2D eigenvalue weighted by atomic mass is 10.1. The summed E-state index contributed by atoms with van der Waals surface area (Å²) in [7, 11) is 1.58. The molecule has 0 aliphatic heterocycles. The quantitative estimate of drug-likeness (QED) is 0.470. The summed E-state index contributed by atoms with van der Waals surface area (Å²) in [5.41, 5.74) is 1.30. The van der Waals surface area contributed by atoms with Crippen molar-refractivity contribution in [1.29, 1.82) is 0 Å². The van der Waals surface area contributed by atoms with Gasteiger partial charge in [0.15, 0.2) is 6.61 Å². The number of hydrogen-bond donors (Lipinski definition) is 1. The SMILES string of the molecule is COc1ccc(/C=C/C(=O)Nc2ccccc2C(=O)OCC(=O)N(C(C)C)C(C)C)cc1. The number of amides is 2. The van der Waals surface area contributed by atoms with Gasteiger partial charge < -0.3 is 19.7 Å². The molecule has 0 unspecified atom stereocenters.